The molecule has 0 radical (unpaired) electrons. The van der Waals surface area contributed by atoms with E-state index in [4.69, 9.17) is 0 Å². The Kier molecular flexibility index (Phi) is 2.91. The maximum absolute atomic E-state index is 4.56. The van der Waals surface area contributed by atoms with E-state index < -0.39 is 0 Å². The molecule has 2 rings (SSSR count). The summed E-state index contributed by atoms with van der Waals surface area (Å²) in [7, 11) is 0. The van der Waals surface area contributed by atoms with Gasteiger partial charge < -0.3 is 0 Å². The minimum atomic E-state index is 1.07. The van der Waals surface area contributed by atoms with Gasteiger partial charge >= 0.3 is 0 Å². The van der Waals surface area contributed by atoms with Crippen molar-refractivity contribution in [3.63, 3.8) is 0 Å². The highest BCUT2D eigenvalue weighted by Gasteiger charge is 2.09. The number of allylic oxidation sites excluding steroid dienone is 1. The fraction of sp³-hybridized carbons (Fsp3) is 0.214. The van der Waals surface area contributed by atoms with Crippen LogP contribution in [0.5, 0.6) is 0 Å². The third-order valence-corrected chi connectivity index (χ3v) is 2.68. The predicted molar refractivity (Wildman–Crippen MR) is 67.7 cm³/mol. The molecule has 2 nitrogen and oxygen atoms in total. The molecule has 0 bridgehead atoms. The molecule has 0 aliphatic rings. The highest BCUT2D eigenvalue weighted by molar-refractivity contribution is 5.55. The van der Waals surface area contributed by atoms with Crippen LogP contribution in [0.4, 0.5) is 0 Å². The van der Waals surface area contributed by atoms with Gasteiger partial charge in [-0.2, -0.15) is 5.10 Å². The monoisotopic (exact) mass is 212 g/mol. The van der Waals surface area contributed by atoms with Gasteiger partial charge in [-0.1, -0.05) is 30.4 Å². The summed E-state index contributed by atoms with van der Waals surface area (Å²) in [5.74, 6) is 0. The zero-order chi connectivity index (χ0) is 11.5. The molecule has 0 saturated carbocycles. The quantitative estimate of drug-likeness (QED) is 0.744. The van der Waals surface area contributed by atoms with Crippen molar-refractivity contribution in [1.29, 1.82) is 0 Å². The van der Waals surface area contributed by atoms with Gasteiger partial charge in [0.25, 0.3) is 0 Å². The average Bonchev–Trinajstić information content (AvgIpc) is 2.59. The van der Waals surface area contributed by atoms with E-state index in [1.165, 1.54) is 11.3 Å². The molecule has 0 unspecified atom stereocenters. The summed E-state index contributed by atoms with van der Waals surface area (Å²) >= 11 is 0. The Morgan fingerprint density at radius 1 is 1.12 bits per heavy atom. The third kappa shape index (κ3) is 1.78. The Balaban J connectivity index is 2.56. The molecule has 0 saturated heterocycles. The van der Waals surface area contributed by atoms with E-state index in [9.17, 15) is 0 Å². The average molecular weight is 212 g/mol. The van der Waals surface area contributed by atoms with Crippen LogP contribution in [0.1, 0.15) is 23.9 Å². The van der Waals surface area contributed by atoms with Gasteiger partial charge in [0.15, 0.2) is 0 Å². The summed E-state index contributed by atoms with van der Waals surface area (Å²) in [4.78, 5) is 0. The molecular weight excluding hydrogens is 196 g/mol. The van der Waals surface area contributed by atoms with Gasteiger partial charge in [0, 0.05) is 11.3 Å². The number of hydrogen-bond donors (Lipinski definition) is 0. The van der Waals surface area contributed by atoms with Crippen LogP contribution >= 0.6 is 0 Å². The van der Waals surface area contributed by atoms with Gasteiger partial charge in [0.05, 0.1) is 11.4 Å². The van der Waals surface area contributed by atoms with Crippen molar-refractivity contribution in [3.05, 3.63) is 53.4 Å². The molecule has 1 aromatic carbocycles. The van der Waals surface area contributed by atoms with Crippen LogP contribution in [0.3, 0.4) is 0 Å². The Hall–Kier alpha value is -1.83. The Morgan fingerprint density at radius 3 is 2.44 bits per heavy atom. The molecule has 82 valence electrons. The zero-order valence-electron chi connectivity index (χ0n) is 9.94. The van der Waals surface area contributed by atoms with Gasteiger partial charge in [-0.25, -0.2) is 4.68 Å². The van der Waals surface area contributed by atoms with Crippen molar-refractivity contribution in [1.82, 2.24) is 9.78 Å². The SMILES string of the molecule is C/C=C\c1c(C)nn(-c2ccccc2)c1C. The lowest BCUT2D eigenvalue weighted by Gasteiger charge is -2.03. The summed E-state index contributed by atoms with van der Waals surface area (Å²) in [5, 5.41) is 4.56. The molecule has 0 aliphatic heterocycles. The minimum Gasteiger partial charge on any atom is -0.237 e. The first-order valence-electron chi connectivity index (χ1n) is 5.48. The van der Waals surface area contributed by atoms with Crippen LogP contribution in [0, 0.1) is 13.8 Å². The molecule has 0 aliphatic carbocycles. The van der Waals surface area contributed by atoms with Gasteiger partial charge in [-0.3, -0.25) is 0 Å². The second kappa shape index (κ2) is 4.35. The van der Waals surface area contributed by atoms with Crippen molar-refractivity contribution in [2.45, 2.75) is 20.8 Å². The second-order valence-electron chi connectivity index (χ2n) is 3.83. The van der Waals surface area contributed by atoms with Crippen LogP contribution in [0.15, 0.2) is 36.4 Å². The number of rotatable bonds is 2. The summed E-state index contributed by atoms with van der Waals surface area (Å²) in [5.41, 5.74) is 4.58. The smallest absolute Gasteiger partial charge is 0.0673 e. The van der Waals surface area contributed by atoms with Gasteiger partial charge in [0.2, 0.25) is 0 Å². The molecule has 2 heteroatoms. The minimum absolute atomic E-state index is 1.07. The van der Waals surface area contributed by atoms with E-state index in [1.807, 2.05) is 42.8 Å². The molecule has 16 heavy (non-hydrogen) atoms. The van der Waals surface area contributed by atoms with Gasteiger partial charge in [-0.15, -0.1) is 0 Å². The maximum atomic E-state index is 4.56. The van der Waals surface area contributed by atoms with E-state index in [0.717, 1.165) is 11.4 Å². The lowest BCUT2D eigenvalue weighted by molar-refractivity contribution is 0.833. The lowest BCUT2D eigenvalue weighted by Crippen LogP contribution is -1.98. The topological polar surface area (TPSA) is 17.8 Å². The first-order chi connectivity index (χ1) is 7.74. The Bertz CT molecular complexity index is 507. The van der Waals surface area contributed by atoms with E-state index >= 15 is 0 Å². The van der Waals surface area contributed by atoms with Crippen molar-refractivity contribution in [2.75, 3.05) is 0 Å². The molecule has 2 aromatic rings. The second-order valence-corrected chi connectivity index (χ2v) is 3.83. The molecular formula is C14H16N2. The molecule has 0 spiro atoms. The van der Waals surface area contributed by atoms with Gasteiger partial charge in [0.1, 0.15) is 0 Å². The fourth-order valence-electron chi connectivity index (χ4n) is 1.88. The standard InChI is InChI=1S/C14H16N2/c1-4-8-14-11(2)15-16(12(14)3)13-9-6-5-7-10-13/h4-10H,1-3H3/b8-4-. The van der Waals surface area contributed by atoms with E-state index in [1.54, 1.807) is 0 Å². The first kappa shape index (κ1) is 10.7. The number of nitrogens with zero attached hydrogens (tertiary/aromatic N) is 2. The molecule has 0 amide bonds. The predicted octanol–water partition coefficient (Wildman–Crippen LogP) is 3.52. The maximum Gasteiger partial charge on any atom is 0.0673 e. The summed E-state index contributed by atoms with van der Waals surface area (Å²) in [6.45, 7) is 6.17. The van der Waals surface area contributed by atoms with Crippen LogP contribution in [-0.4, -0.2) is 9.78 Å². The fourth-order valence-corrected chi connectivity index (χ4v) is 1.88. The van der Waals surface area contributed by atoms with Crippen molar-refractivity contribution >= 4 is 6.08 Å². The van der Waals surface area contributed by atoms with Crippen LogP contribution < -0.4 is 0 Å². The summed E-state index contributed by atoms with van der Waals surface area (Å²) in [6, 6.07) is 10.2. The molecule has 1 aromatic heterocycles. The van der Waals surface area contributed by atoms with Crippen molar-refractivity contribution < 1.29 is 0 Å². The number of hydrogen-bond acceptors (Lipinski definition) is 1. The molecule has 0 N–H and O–H groups in total. The van der Waals surface area contributed by atoms with Crippen molar-refractivity contribution in [3.8, 4) is 5.69 Å². The zero-order valence-corrected chi connectivity index (χ0v) is 9.94. The number of benzene rings is 1. The van der Waals surface area contributed by atoms with Crippen molar-refractivity contribution in [2.24, 2.45) is 0 Å². The van der Waals surface area contributed by atoms with Gasteiger partial charge in [-0.05, 0) is 32.9 Å². The van der Waals surface area contributed by atoms with Crippen LogP contribution in [-0.2, 0) is 0 Å². The van der Waals surface area contributed by atoms with E-state index in [2.05, 4.69) is 30.2 Å². The van der Waals surface area contributed by atoms with Crippen LogP contribution in [0.2, 0.25) is 0 Å². The number of aromatic nitrogens is 2. The number of aryl methyl sites for hydroxylation is 1. The number of para-hydroxylation sites is 1. The van der Waals surface area contributed by atoms with E-state index in [-0.39, 0.29) is 0 Å². The lowest BCUT2D eigenvalue weighted by atomic mass is 10.2. The highest BCUT2D eigenvalue weighted by Crippen LogP contribution is 2.18. The van der Waals surface area contributed by atoms with Crippen LogP contribution in [0.25, 0.3) is 11.8 Å². The third-order valence-electron chi connectivity index (χ3n) is 2.68. The summed E-state index contributed by atoms with van der Waals surface area (Å²) in [6.07, 6.45) is 4.16. The molecule has 1 heterocycles. The Morgan fingerprint density at radius 2 is 1.81 bits per heavy atom. The van der Waals surface area contributed by atoms with E-state index in [0.29, 0.717) is 0 Å². The molecule has 0 atom stereocenters. The summed E-state index contributed by atoms with van der Waals surface area (Å²) < 4.78 is 1.99. The Labute approximate surface area is 96.2 Å². The first-order valence-corrected chi connectivity index (χ1v) is 5.48. The normalized spacial score (nSPS) is 11.2. The largest absolute Gasteiger partial charge is 0.237 e. The highest BCUT2D eigenvalue weighted by atomic mass is 15.3. The molecule has 0 fully saturated rings.